The van der Waals surface area contributed by atoms with Crippen LogP contribution in [0, 0.1) is 11.3 Å². The summed E-state index contributed by atoms with van der Waals surface area (Å²) in [6.07, 6.45) is -4.10. The van der Waals surface area contributed by atoms with Gasteiger partial charge >= 0.3 is 6.18 Å². The van der Waals surface area contributed by atoms with Crippen LogP contribution in [0.4, 0.5) is 24.5 Å². The van der Waals surface area contributed by atoms with Crippen molar-refractivity contribution in [2.45, 2.75) is 32.1 Å². The van der Waals surface area contributed by atoms with Gasteiger partial charge in [0.25, 0.3) is 11.8 Å². The summed E-state index contributed by atoms with van der Waals surface area (Å²) in [6, 6.07) is 11.8. The van der Waals surface area contributed by atoms with Crippen LogP contribution in [-0.2, 0) is 13.0 Å². The molecule has 0 saturated heterocycles. The van der Waals surface area contributed by atoms with Gasteiger partial charge in [-0.25, -0.2) is 0 Å². The first-order valence-electron chi connectivity index (χ1n) is 10.6. The summed E-state index contributed by atoms with van der Waals surface area (Å²) >= 11 is 0. The molecule has 1 aliphatic heterocycles. The fourth-order valence-corrected chi connectivity index (χ4v) is 4.01. The fourth-order valence-electron chi connectivity index (χ4n) is 4.01. The molecule has 2 aromatic carbocycles. The number of amides is 2. The number of carbonyl (C=O) groups is 2. The van der Waals surface area contributed by atoms with Crippen molar-refractivity contribution in [3.05, 3.63) is 71.0 Å². The van der Waals surface area contributed by atoms with Crippen molar-refractivity contribution in [3.63, 3.8) is 0 Å². The number of anilines is 2. The number of nitrogens with zero attached hydrogens (tertiary/aromatic N) is 4. The van der Waals surface area contributed by atoms with E-state index >= 15 is 0 Å². The number of aromatic nitrogens is 2. The molecular weight excluding hydrogens is 463 g/mol. The topological polar surface area (TPSA) is 100 Å². The molecule has 0 radical (unpaired) electrons. The summed E-state index contributed by atoms with van der Waals surface area (Å²) in [5.41, 5.74) is 1.16. The number of ether oxygens (including phenoxy) is 1. The molecule has 2 amide bonds. The minimum atomic E-state index is -4.33. The average Bonchev–Trinajstić information content (AvgIpc) is 3.23. The standard InChI is InChI=1S/C24H20F3N5O3/c1-14-13-31-21(23(34)32(14)18-6-3-15(4-7-18)10-24(25,26)27)19(12-29-31)22(33)30-17-5-8-20(35-2)16(9-17)11-28/h3-9,12,14H,10,13H2,1-2H3,(H,30,33). The third-order valence-electron chi connectivity index (χ3n) is 5.58. The smallest absolute Gasteiger partial charge is 0.393 e. The average molecular weight is 483 g/mol. The van der Waals surface area contributed by atoms with Crippen molar-refractivity contribution in [2.75, 3.05) is 17.3 Å². The maximum absolute atomic E-state index is 13.4. The predicted octanol–water partition coefficient (Wildman–Crippen LogP) is 4.17. The number of methoxy groups -OCH3 is 1. The van der Waals surface area contributed by atoms with E-state index in [4.69, 9.17) is 4.74 Å². The Bertz CT molecular complexity index is 1330. The second-order valence-corrected chi connectivity index (χ2v) is 8.05. The van der Waals surface area contributed by atoms with Gasteiger partial charge in [0.05, 0.1) is 43.4 Å². The van der Waals surface area contributed by atoms with Gasteiger partial charge in [0.15, 0.2) is 0 Å². The highest BCUT2D eigenvalue weighted by Gasteiger charge is 2.36. The van der Waals surface area contributed by atoms with E-state index in [9.17, 15) is 28.0 Å². The van der Waals surface area contributed by atoms with E-state index in [0.29, 0.717) is 23.7 Å². The number of hydrogen-bond donors (Lipinski definition) is 1. The molecule has 1 N–H and O–H groups in total. The van der Waals surface area contributed by atoms with Crippen LogP contribution in [0.3, 0.4) is 0 Å². The summed E-state index contributed by atoms with van der Waals surface area (Å²) in [6.45, 7) is 2.08. The van der Waals surface area contributed by atoms with Gasteiger partial charge in [-0.15, -0.1) is 0 Å². The summed E-state index contributed by atoms with van der Waals surface area (Å²) in [5, 5.41) is 16.1. The number of nitrogens with one attached hydrogen (secondary N) is 1. The number of nitriles is 1. The largest absolute Gasteiger partial charge is 0.495 e. The summed E-state index contributed by atoms with van der Waals surface area (Å²) in [7, 11) is 1.43. The second kappa shape index (κ2) is 9.13. The molecule has 11 heteroatoms. The van der Waals surface area contributed by atoms with Crippen LogP contribution in [0.15, 0.2) is 48.7 Å². The van der Waals surface area contributed by atoms with Crippen molar-refractivity contribution in [1.82, 2.24) is 9.78 Å². The molecule has 0 fully saturated rings. The molecule has 0 saturated carbocycles. The van der Waals surface area contributed by atoms with Crippen LogP contribution in [-0.4, -0.2) is 40.9 Å². The molecule has 8 nitrogen and oxygen atoms in total. The molecule has 0 bridgehead atoms. The number of alkyl halides is 3. The Morgan fingerprint density at radius 3 is 2.60 bits per heavy atom. The SMILES string of the molecule is COc1ccc(NC(=O)c2cnn3c2C(=O)N(c2ccc(CC(F)(F)F)cc2)C(C)C3)cc1C#N. The molecule has 180 valence electrons. The number of carbonyl (C=O) groups excluding carboxylic acids is 2. The molecule has 1 unspecified atom stereocenters. The highest BCUT2D eigenvalue weighted by Crippen LogP contribution is 2.29. The van der Waals surface area contributed by atoms with E-state index in [1.54, 1.807) is 19.1 Å². The van der Waals surface area contributed by atoms with E-state index in [2.05, 4.69) is 10.4 Å². The van der Waals surface area contributed by atoms with Gasteiger partial charge in [-0.3, -0.25) is 14.3 Å². The zero-order valence-corrected chi connectivity index (χ0v) is 18.8. The summed E-state index contributed by atoms with van der Waals surface area (Å²) in [5.74, 6) is -0.736. The van der Waals surface area contributed by atoms with Crippen molar-refractivity contribution >= 4 is 23.2 Å². The molecule has 35 heavy (non-hydrogen) atoms. The fraction of sp³-hybridized carbons (Fsp3) is 0.250. The van der Waals surface area contributed by atoms with Crippen molar-refractivity contribution in [3.8, 4) is 11.8 Å². The van der Waals surface area contributed by atoms with Gasteiger partial charge in [0.2, 0.25) is 0 Å². The van der Waals surface area contributed by atoms with E-state index in [0.717, 1.165) is 0 Å². The molecule has 0 aliphatic carbocycles. The number of hydrogen-bond acceptors (Lipinski definition) is 5. The Kier molecular flexibility index (Phi) is 6.22. The Balaban J connectivity index is 1.60. The van der Waals surface area contributed by atoms with Crippen LogP contribution < -0.4 is 15.0 Å². The van der Waals surface area contributed by atoms with Crippen LogP contribution in [0.2, 0.25) is 0 Å². The first-order valence-corrected chi connectivity index (χ1v) is 10.6. The zero-order valence-electron chi connectivity index (χ0n) is 18.8. The molecule has 0 spiro atoms. The first-order chi connectivity index (χ1) is 16.6. The normalized spacial score (nSPS) is 15.4. The molecule has 3 aromatic rings. The van der Waals surface area contributed by atoms with E-state index < -0.39 is 24.4 Å². The van der Waals surface area contributed by atoms with Crippen molar-refractivity contribution in [1.29, 1.82) is 5.26 Å². The van der Waals surface area contributed by atoms with Crippen LogP contribution >= 0.6 is 0 Å². The molecular formula is C24H20F3N5O3. The molecule has 1 atom stereocenters. The zero-order chi connectivity index (χ0) is 25.3. The van der Waals surface area contributed by atoms with Crippen LogP contribution in [0.25, 0.3) is 0 Å². The van der Waals surface area contributed by atoms with Crippen LogP contribution in [0.5, 0.6) is 5.75 Å². The highest BCUT2D eigenvalue weighted by molar-refractivity contribution is 6.15. The first kappa shape index (κ1) is 23.8. The highest BCUT2D eigenvalue weighted by atomic mass is 19.4. The number of rotatable bonds is 5. The third kappa shape index (κ3) is 4.82. The van der Waals surface area contributed by atoms with Crippen LogP contribution in [0.1, 0.15) is 38.9 Å². The Labute approximate surface area is 198 Å². The van der Waals surface area contributed by atoms with Crippen molar-refractivity contribution < 1.29 is 27.5 Å². The maximum Gasteiger partial charge on any atom is 0.393 e. The predicted molar refractivity (Wildman–Crippen MR) is 120 cm³/mol. The lowest BCUT2D eigenvalue weighted by atomic mass is 10.1. The van der Waals surface area contributed by atoms with Gasteiger partial charge in [-0.1, -0.05) is 12.1 Å². The summed E-state index contributed by atoms with van der Waals surface area (Å²) < 4.78 is 44.6. The quantitative estimate of drug-likeness (QED) is 0.587. The van der Waals surface area contributed by atoms with Crippen molar-refractivity contribution in [2.24, 2.45) is 0 Å². The third-order valence-corrected chi connectivity index (χ3v) is 5.58. The Hall–Kier alpha value is -4.33. The molecule has 2 heterocycles. The van der Waals surface area contributed by atoms with E-state index in [1.165, 1.54) is 53.2 Å². The van der Waals surface area contributed by atoms with Gasteiger partial charge < -0.3 is 15.0 Å². The lowest BCUT2D eigenvalue weighted by molar-refractivity contribution is -0.127. The molecule has 4 rings (SSSR count). The number of halogens is 3. The maximum atomic E-state index is 13.4. The lowest BCUT2D eigenvalue weighted by Crippen LogP contribution is -2.47. The summed E-state index contributed by atoms with van der Waals surface area (Å²) in [4.78, 5) is 27.8. The second-order valence-electron chi connectivity index (χ2n) is 8.05. The van der Waals surface area contributed by atoms with E-state index in [-0.39, 0.29) is 28.4 Å². The lowest BCUT2D eigenvalue weighted by Gasteiger charge is -2.34. The Morgan fingerprint density at radius 2 is 1.97 bits per heavy atom. The Morgan fingerprint density at radius 1 is 1.26 bits per heavy atom. The van der Waals surface area contributed by atoms with Gasteiger partial charge in [-0.2, -0.15) is 23.5 Å². The minimum absolute atomic E-state index is 0.0370. The van der Waals surface area contributed by atoms with E-state index in [1.807, 2.05) is 6.07 Å². The van der Waals surface area contributed by atoms with Gasteiger partial charge in [0.1, 0.15) is 17.5 Å². The molecule has 1 aromatic heterocycles. The monoisotopic (exact) mass is 483 g/mol. The number of fused-ring (bicyclic) bond motifs is 1. The van der Waals surface area contributed by atoms with Gasteiger partial charge in [0, 0.05) is 11.4 Å². The number of benzene rings is 2. The minimum Gasteiger partial charge on any atom is -0.495 e. The van der Waals surface area contributed by atoms with Gasteiger partial charge in [-0.05, 0) is 42.8 Å². The molecule has 1 aliphatic rings.